The zero-order valence-corrected chi connectivity index (χ0v) is 20.4. The van der Waals surface area contributed by atoms with E-state index in [-0.39, 0.29) is 29.9 Å². The van der Waals surface area contributed by atoms with Gasteiger partial charge in [-0.15, -0.1) is 24.0 Å². The first-order valence-corrected chi connectivity index (χ1v) is 10.0. The highest BCUT2D eigenvalue weighted by atomic mass is 127. The van der Waals surface area contributed by atoms with Gasteiger partial charge in [-0.2, -0.15) is 0 Å². The number of amides is 1. The monoisotopic (exact) mass is 517 g/mol. The third-order valence-corrected chi connectivity index (χ3v) is 5.09. The fourth-order valence-corrected chi connectivity index (χ4v) is 3.26. The van der Waals surface area contributed by atoms with Crippen molar-refractivity contribution in [1.29, 1.82) is 0 Å². The highest BCUT2D eigenvalue weighted by Crippen LogP contribution is 2.15. The Balaban J connectivity index is 0.00000420. The Kier molecular flexibility index (Phi) is 12.2. The normalized spacial score (nSPS) is 16.1. The van der Waals surface area contributed by atoms with Gasteiger partial charge >= 0.3 is 0 Å². The van der Waals surface area contributed by atoms with Gasteiger partial charge < -0.3 is 20.3 Å². The van der Waals surface area contributed by atoms with Gasteiger partial charge in [-0.25, -0.2) is 0 Å². The lowest BCUT2D eigenvalue weighted by Gasteiger charge is -2.36. The van der Waals surface area contributed by atoms with Crippen molar-refractivity contribution < 1.29 is 9.53 Å². The molecule has 0 spiro atoms. The lowest BCUT2D eigenvalue weighted by Crippen LogP contribution is -2.54. The molecule has 8 heteroatoms. The molecule has 1 aromatic rings. The maximum Gasteiger partial charge on any atom is 0.234 e. The van der Waals surface area contributed by atoms with E-state index >= 15 is 0 Å². The van der Waals surface area contributed by atoms with Crippen LogP contribution >= 0.6 is 24.0 Å². The van der Waals surface area contributed by atoms with Gasteiger partial charge in [0.1, 0.15) is 0 Å². The predicted octanol–water partition coefficient (Wildman–Crippen LogP) is 1.67. The molecule has 1 amide bonds. The van der Waals surface area contributed by atoms with Crippen molar-refractivity contribution in [3.63, 3.8) is 0 Å². The van der Waals surface area contributed by atoms with Crippen molar-refractivity contribution in [2.75, 3.05) is 66.6 Å². The topological polar surface area (TPSA) is 69.2 Å². The molecule has 2 rings (SSSR count). The number of nitrogens with zero attached hydrogens (tertiary/aromatic N) is 3. The highest BCUT2D eigenvalue weighted by Gasteiger charge is 2.21. The number of aryl methyl sites for hydroxylation is 1. The van der Waals surface area contributed by atoms with Crippen molar-refractivity contribution in [1.82, 2.24) is 20.4 Å². The Morgan fingerprint density at radius 3 is 2.41 bits per heavy atom. The number of hydrogen-bond acceptors (Lipinski definition) is 4. The summed E-state index contributed by atoms with van der Waals surface area (Å²) in [6, 6.07) is 8.71. The molecule has 0 aromatic heterocycles. The Morgan fingerprint density at radius 2 is 1.83 bits per heavy atom. The lowest BCUT2D eigenvalue weighted by molar-refractivity contribution is -0.122. The molecule has 1 aliphatic heterocycles. The van der Waals surface area contributed by atoms with Crippen LogP contribution in [-0.2, 0) is 9.53 Å². The van der Waals surface area contributed by atoms with Crippen LogP contribution in [0, 0.1) is 6.92 Å². The second kappa shape index (κ2) is 13.8. The molecule has 0 saturated carbocycles. The smallest absolute Gasteiger partial charge is 0.234 e. The zero-order chi connectivity index (χ0) is 20.4. The number of rotatable bonds is 8. The summed E-state index contributed by atoms with van der Waals surface area (Å²) in [7, 11) is 3.46. The lowest BCUT2D eigenvalue weighted by atomic mass is 10.0. The highest BCUT2D eigenvalue weighted by molar-refractivity contribution is 14.0. The SMILES string of the molecule is CN=C(NCC(C)c1ccc(C)cc1)N1CCN(CC(=O)NCCOC)CC1.I. The average Bonchev–Trinajstić information content (AvgIpc) is 2.70. The van der Waals surface area contributed by atoms with Crippen molar-refractivity contribution in [2.24, 2.45) is 4.99 Å². The van der Waals surface area contributed by atoms with Crippen molar-refractivity contribution in [3.8, 4) is 0 Å². The fourth-order valence-electron chi connectivity index (χ4n) is 3.26. The van der Waals surface area contributed by atoms with E-state index < -0.39 is 0 Å². The van der Waals surface area contributed by atoms with E-state index in [9.17, 15) is 4.79 Å². The quantitative estimate of drug-likeness (QED) is 0.238. The maximum absolute atomic E-state index is 11.9. The summed E-state index contributed by atoms with van der Waals surface area (Å²) >= 11 is 0. The Bertz CT molecular complexity index is 630. The molecular weight excluding hydrogens is 481 g/mol. The van der Waals surface area contributed by atoms with Crippen molar-refractivity contribution >= 4 is 35.8 Å². The van der Waals surface area contributed by atoms with Gasteiger partial charge in [0.25, 0.3) is 0 Å². The van der Waals surface area contributed by atoms with Gasteiger partial charge in [0, 0.05) is 53.4 Å². The largest absolute Gasteiger partial charge is 0.383 e. The van der Waals surface area contributed by atoms with Gasteiger partial charge in [-0.1, -0.05) is 36.8 Å². The van der Waals surface area contributed by atoms with Crippen LogP contribution in [0.25, 0.3) is 0 Å². The molecule has 0 bridgehead atoms. The summed E-state index contributed by atoms with van der Waals surface area (Å²) < 4.78 is 4.95. The Hall–Kier alpha value is -1.39. The molecule has 164 valence electrons. The minimum absolute atomic E-state index is 0. The average molecular weight is 517 g/mol. The summed E-state index contributed by atoms with van der Waals surface area (Å²) in [6.07, 6.45) is 0. The first kappa shape index (κ1) is 25.6. The number of hydrogen-bond donors (Lipinski definition) is 2. The van der Waals surface area contributed by atoms with Crippen LogP contribution in [0.2, 0.25) is 0 Å². The molecule has 0 radical (unpaired) electrons. The molecule has 1 atom stereocenters. The second-order valence-corrected chi connectivity index (χ2v) is 7.35. The second-order valence-electron chi connectivity index (χ2n) is 7.35. The van der Waals surface area contributed by atoms with E-state index in [0.717, 1.165) is 38.7 Å². The number of ether oxygens (including phenoxy) is 1. The number of aliphatic imine (C=N–C) groups is 1. The number of carbonyl (C=O) groups is 1. The molecular formula is C21H36IN5O2. The summed E-state index contributed by atoms with van der Waals surface area (Å²) in [5, 5.41) is 6.38. The summed E-state index contributed by atoms with van der Waals surface area (Å²) in [4.78, 5) is 20.8. The number of piperazine rings is 1. The standard InChI is InChI=1S/C21H35N5O2.HI/c1-17-5-7-19(8-6-17)18(2)15-24-21(22-3)26-12-10-25(11-13-26)16-20(27)23-9-14-28-4;/h5-8,18H,9-16H2,1-4H3,(H,22,24)(H,23,27);1H. The van der Waals surface area contributed by atoms with Gasteiger partial charge in [-0.05, 0) is 18.4 Å². The van der Waals surface area contributed by atoms with Gasteiger partial charge in [-0.3, -0.25) is 14.7 Å². The first-order valence-electron chi connectivity index (χ1n) is 10.0. The Morgan fingerprint density at radius 1 is 1.17 bits per heavy atom. The van der Waals surface area contributed by atoms with E-state index in [4.69, 9.17) is 4.74 Å². The maximum atomic E-state index is 11.9. The van der Waals surface area contributed by atoms with Crippen LogP contribution < -0.4 is 10.6 Å². The predicted molar refractivity (Wildman–Crippen MR) is 129 cm³/mol. The van der Waals surface area contributed by atoms with Crippen LogP contribution in [0.4, 0.5) is 0 Å². The third kappa shape index (κ3) is 8.88. The summed E-state index contributed by atoms with van der Waals surface area (Å²) in [6.45, 7) is 10.2. The number of benzene rings is 1. The molecule has 1 saturated heterocycles. The van der Waals surface area contributed by atoms with Crippen molar-refractivity contribution in [2.45, 2.75) is 19.8 Å². The summed E-state index contributed by atoms with van der Waals surface area (Å²) in [5.74, 6) is 1.40. The molecule has 1 fully saturated rings. The van der Waals surface area contributed by atoms with Crippen LogP contribution in [0.1, 0.15) is 24.0 Å². The van der Waals surface area contributed by atoms with E-state index in [1.807, 2.05) is 7.05 Å². The minimum Gasteiger partial charge on any atom is -0.383 e. The Labute approximate surface area is 192 Å². The minimum atomic E-state index is 0. The molecule has 1 aliphatic rings. The molecule has 1 aromatic carbocycles. The molecule has 7 nitrogen and oxygen atoms in total. The van der Waals surface area contributed by atoms with Crippen LogP contribution in [0.3, 0.4) is 0 Å². The van der Waals surface area contributed by atoms with Gasteiger partial charge in [0.2, 0.25) is 5.91 Å². The first-order chi connectivity index (χ1) is 13.5. The van der Waals surface area contributed by atoms with Crippen LogP contribution in [0.15, 0.2) is 29.3 Å². The number of halogens is 1. The number of methoxy groups -OCH3 is 1. The van der Waals surface area contributed by atoms with E-state index in [2.05, 4.69) is 63.5 Å². The van der Waals surface area contributed by atoms with Crippen LogP contribution in [0.5, 0.6) is 0 Å². The van der Waals surface area contributed by atoms with E-state index in [0.29, 0.717) is 25.6 Å². The van der Waals surface area contributed by atoms with E-state index in [1.54, 1.807) is 7.11 Å². The number of carbonyl (C=O) groups excluding carboxylic acids is 1. The van der Waals surface area contributed by atoms with E-state index in [1.165, 1.54) is 11.1 Å². The number of guanidine groups is 1. The van der Waals surface area contributed by atoms with Gasteiger partial charge in [0.05, 0.1) is 13.2 Å². The third-order valence-electron chi connectivity index (χ3n) is 5.09. The number of nitrogens with one attached hydrogen (secondary N) is 2. The van der Waals surface area contributed by atoms with Gasteiger partial charge in [0.15, 0.2) is 5.96 Å². The van der Waals surface area contributed by atoms with Crippen molar-refractivity contribution in [3.05, 3.63) is 35.4 Å². The molecule has 0 aliphatic carbocycles. The molecule has 1 heterocycles. The molecule has 2 N–H and O–H groups in total. The summed E-state index contributed by atoms with van der Waals surface area (Å²) in [5.41, 5.74) is 2.61. The van der Waals surface area contributed by atoms with Crippen LogP contribution in [-0.4, -0.2) is 88.2 Å². The fraction of sp³-hybridized carbons (Fsp3) is 0.619. The molecule has 1 unspecified atom stereocenters. The molecule has 29 heavy (non-hydrogen) atoms. The zero-order valence-electron chi connectivity index (χ0n) is 18.1.